The molecule has 0 aromatic carbocycles. The standard InChI is InChI=1S/C13H20ClN3/c1-10-4-3-7-17(8-10)9-12-11(14)5-6-13(15-2)16-12/h5-6,10H,3-4,7-9H2,1-2H3,(H,15,16). The van der Waals surface area contributed by atoms with Crippen LogP contribution >= 0.6 is 11.6 Å². The van der Waals surface area contributed by atoms with Crippen molar-refractivity contribution in [3.8, 4) is 0 Å². The summed E-state index contributed by atoms with van der Waals surface area (Å²) in [6, 6.07) is 3.83. The number of nitrogens with zero attached hydrogens (tertiary/aromatic N) is 2. The van der Waals surface area contributed by atoms with Crippen LogP contribution in [0.25, 0.3) is 0 Å². The second-order valence-corrected chi connectivity index (χ2v) is 5.26. The third kappa shape index (κ3) is 3.33. The first-order valence-electron chi connectivity index (χ1n) is 6.24. The molecular formula is C13H20ClN3. The molecule has 0 amide bonds. The smallest absolute Gasteiger partial charge is 0.126 e. The number of pyridine rings is 1. The topological polar surface area (TPSA) is 28.2 Å². The number of hydrogen-bond donors (Lipinski definition) is 1. The van der Waals surface area contributed by atoms with E-state index in [0.29, 0.717) is 0 Å². The van der Waals surface area contributed by atoms with Crippen molar-refractivity contribution >= 4 is 17.4 Å². The quantitative estimate of drug-likeness (QED) is 0.898. The minimum atomic E-state index is 0.766. The molecule has 1 aliphatic heterocycles. The van der Waals surface area contributed by atoms with Gasteiger partial charge in [-0.15, -0.1) is 0 Å². The molecule has 4 heteroatoms. The lowest BCUT2D eigenvalue weighted by Crippen LogP contribution is -2.34. The molecule has 1 fully saturated rings. The van der Waals surface area contributed by atoms with Crippen molar-refractivity contribution in [2.24, 2.45) is 5.92 Å². The van der Waals surface area contributed by atoms with Crippen molar-refractivity contribution in [3.63, 3.8) is 0 Å². The van der Waals surface area contributed by atoms with Gasteiger partial charge in [0.1, 0.15) is 5.82 Å². The molecule has 1 aromatic rings. The molecule has 2 heterocycles. The summed E-state index contributed by atoms with van der Waals surface area (Å²) in [5.41, 5.74) is 0.979. The molecule has 0 bridgehead atoms. The molecule has 1 unspecified atom stereocenters. The van der Waals surface area contributed by atoms with Gasteiger partial charge in [0.05, 0.1) is 10.7 Å². The van der Waals surface area contributed by atoms with Crippen LogP contribution in [0.5, 0.6) is 0 Å². The molecule has 3 nitrogen and oxygen atoms in total. The predicted molar refractivity (Wildman–Crippen MR) is 72.5 cm³/mol. The Bertz CT molecular complexity index is 381. The Kier molecular flexibility index (Phi) is 4.24. The normalized spacial score (nSPS) is 21.5. The number of piperidine rings is 1. The fraction of sp³-hybridized carbons (Fsp3) is 0.615. The number of anilines is 1. The third-order valence-corrected chi connectivity index (χ3v) is 3.63. The van der Waals surface area contributed by atoms with Gasteiger partial charge in [-0.3, -0.25) is 4.90 Å². The lowest BCUT2D eigenvalue weighted by Gasteiger charge is -2.30. The summed E-state index contributed by atoms with van der Waals surface area (Å²) in [5.74, 6) is 1.67. The lowest BCUT2D eigenvalue weighted by molar-refractivity contribution is 0.175. The summed E-state index contributed by atoms with van der Waals surface area (Å²) in [4.78, 5) is 6.97. The van der Waals surface area contributed by atoms with E-state index in [9.17, 15) is 0 Å². The fourth-order valence-electron chi connectivity index (χ4n) is 2.38. The van der Waals surface area contributed by atoms with Gasteiger partial charge in [0, 0.05) is 20.1 Å². The number of likely N-dealkylation sites (tertiary alicyclic amines) is 1. The summed E-state index contributed by atoms with van der Waals surface area (Å²) in [5, 5.41) is 3.82. The summed E-state index contributed by atoms with van der Waals surface area (Å²) >= 11 is 6.19. The molecule has 1 atom stereocenters. The molecule has 2 rings (SSSR count). The summed E-state index contributed by atoms with van der Waals surface area (Å²) in [6.07, 6.45) is 2.62. The molecule has 0 spiro atoms. The molecule has 94 valence electrons. The highest BCUT2D eigenvalue weighted by molar-refractivity contribution is 6.31. The number of hydrogen-bond acceptors (Lipinski definition) is 3. The van der Waals surface area contributed by atoms with Gasteiger partial charge >= 0.3 is 0 Å². The zero-order valence-electron chi connectivity index (χ0n) is 10.5. The van der Waals surface area contributed by atoms with E-state index in [1.807, 2.05) is 19.2 Å². The number of nitrogens with one attached hydrogen (secondary N) is 1. The highest BCUT2D eigenvalue weighted by Gasteiger charge is 2.17. The zero-order valence-corrected chi connectivity index (χ0v) is 11.3. The molecule has 1 N–H and O–H groups in total. The van der Waals surface area contributed by atoms with E-state index in [1.54, 1.807) is 0 Å². The Labute approximate surface area is 108 Å². The highest BCUT2D eigenvalue weighted by Crippen LogP contribution is 2.22. The van der Waals surface area contributed by atoms with Crippen molar-refractivity contribution in [1.29, 1.82) is 0 Å². The average molecular weight is 254 g/mol. The lowest BCUT2D eigenvalue weighted by atomic mass is 10.0. The minimum absolute atomic E-state index is 0.766. The van der Waals surface area contributed by atoms with E-state index < -0.39 is 0 Å². The van der Waals surface area contributed by atoms with E-state index in [0.717, 1.165) is 42.1 Å². The third-order valence-electron chi connectivity index (χ3n) is 3.29. The van der Waals surface area contributed by atoms with Gasteiger partial charge in [-0.05, 0) is 37.4 Å². The Balaban J connectivity index is 2.06. The van der Waals surface area contributed by atoms with Gasteiger partial charge in [-0.25, -0.2) is 4.98 Å². The van der Waals surface area contributed by atoms with Gasteiger partial charge in [0.15, 0.2) is 0 Å². The maximum Gasteiger partial charge on any atom is 0.126 e. The van der Waals surface area contributed by atoms with Crippen LogP contribution in [-0.2, 0) is 6.54 Å². The van der Waals surface area contributed by atoms with E-state index >= 15 is 0 Å². The van der Waals surface area contributed by atoms with Crippen molar-refractivity contribution in [3.05, 3.63) is 22.8 Å². The second-order valence-electron chi connectivity index (χ2n) is 4.86. The summed E-state index contributed by atoms with van der Waals surface area (Å²) in [6.45, 7) is 5.48. The van der Waals surface area contributed by atoms with E-state index in [-0.39, 0.29) is 0 Å². The molecule has 0 saturated carbocycles. The zero-order chi connectivity index (χ0) is 12.3. The molecule has 1 aromatic heterocycles. The van der Waals surface area contributed by atoms with Crippen LogP contribution < -0.4 is 5.32 Å². The van der Waals surface area contributed by atoms with Crippen LogP contribution in [0, 0.1) is 5.92 Å². The van der Waals surface area contributed by atoms with E-state index in [4.69, 9.17) is 11.6 Å². The first-order chi connectivity index (χ1) is 8.19. The maximum atomic E-state index is 6.19. The van der Waals surface area contributed by atoms with Crippen LogP contribution in [0.2, 0.25) is 5.02 Å². The first kappa shape index (κ1) is 12.7. The molecule has 1 saturated heterocycles. The molecule has 1 aliphatic rings. The number of aromatic nitrogens is 1. The van der Waals surface area contributed by atoms with Crippen molar-refractivity contribution in [2.45, 2.75) is 26.3 Å². The predicted octanol–water partition coefficient (Wildman–Crippen LogP) is 3.01. The Morgan fingerprint density at radius 3 is 3.06 bits per heavy atom. The van der Waals surface area contributed by atoms with E-state index in [2.05, 4.69) is 22.1 Å². The van der Waals surface area contributed by atoms with Crippen LogP contribution in [0.1, 0.15) is 25.5 Å². The minimum Gasteiger partial charge on any atom is -0.373 e. The van der Waals surface area contributed by atoms with Gasteiger partial charge in [-0.1, -0.05) is 18.5 Å². The van der Waals surface area contributed by atoms with Gasteiger partial charge in [-0.2, -0.15) is 0 Å². The average Bonchev–Trinajstić information content (AvgIpc) is 2.32. The molecule has 0 aliphatic carbocycles. The van der Waals surface area contributed by atoms with Crippen molar-refractivity contribution in [1.82, 2.24) is 9.88 Å². The van der Waals surface area contributed by atoms with Crippen molar-refractivity contribution in [2.75, 3.05) is 25.5 Å². The Morgan fingerprint density at radius 2 is 2.35 bits per heavy atom. The monoisotopic (exact) mass is 253 g/mol. The SMILES string of the molecule is CNc1ccc(Cl)c(CN2CCCC(C)C2)n1. The van der Waals surface area contributed by atoms with Crippen LogP contribution in [0.3, 0.4) is 0 Å². The largest absolute Gasteiger partial charge is 0.373 e. The number of halogens is 1. The van der Waals surface area contributed by atoms with Gasteiger partial charge in [0.2, 0.25) is 0 Å². The second kappa shape index (κ2) is 5.69. The first-order valence-corrected chi connectivity index (χ1v) is 6.62. The highest BCUT2D eigenvalue weighted by atomic mass is 35.5. The number of rotatable bonds is 3. The van der Waals surface area contributed by atoms with Crippen molar-refractivity contribution < 1.29 is 0 Å². The summed E-state index contributed by atoms with van der Waals surface area (Å²) in [7, 11) is 1.88. The fourth-order valence-corrected chi connectivity index (χ4v) is 2.54. The molecular weight excluding hydrogens is 234 g/mol. The molecule has 0 radical (unpaired) electrons. The Hall–Kier alpha value is -0.800. The molecule has 17 heavy (non-hydrogen) atoms. The van der Waals surface area contributed by atoms with Crippen LogP contribution in [0.15, 0.2) is 12.1 Å². The van der Waals surface area contributed by atoms with Crippen LogP contribution in [-0.4, -0.2) is 30.0 Å². The van der Waals surface area contributed by atoms with Crippen LogP contribution in [0.4, 0.5) is 5.82 Å². The Morgan fingerprint density at radius 1 is 1.53 bits per heavy atom. The summed E-state index contributed by atoms with van der Waals surface area (Å²) < 4.78 is 0. The maximum absolute atomic E-state index is 6.19. The van der Waals surface area contributed by atoms with Gasteiger partial charge in [0.25, 0.3) is 0 Å². The van der Waals surface area contributed by atoms with E-state index in [1.165, 1.54) is 12.8 Å². The van der Waals surface area contributed by atoms with Gasteiger partial charge < -0.3 is 5.32 Å².